The first kappa shape index (κ1) is 35.5. The maximum absolute atomic E-state index is 3.74. The summed E-state index contributed by atoms with van der Waals surface area (Å²) in [5.74, 6) is 0. The normalized spacial score (nSPS) is 13.4. The Kier molecular flexibility index (Phi) is 9.20. The lowest BCUT2D eigenvalue weighted by atomic mass is 9.73. The van der Waals surface area contributed by atoms with Gasteiger partial charge in [0.2, 0.25) is 0 Å². The van der Waals surface area contributed by atoms with Crippen molar-refractivity contribution in [3.05, 3.63) is 203 Å². The summed E-state index contributed by atoms with van der Waals surface area (Å²) in [6.45, 7) is 14.2. The van der Waals surface area contributed by atoms with Crippen molar-refractivity contribution in [3.63, 3.8) is 0 Å². The molecule has 0 fully saturated rings. The van der Waals surface area contributed by atoms with Gasteiger partial charge in [-0.3, -0.25) is 0 Å². The van der Waals surface area contributed by atoms with Crippen LogP contribution in [-0.2, 0) is 10.8 Å². The number of fused-ring (bicyclic) bond motifs is 2. The predicted octanol–water partition coefficient (Wildman–Crippen LogP) is 13.2. The van der Waals surface area contributed by atoms with Crippen LogP contribution in [0.4, 0.5) is 0 Å². The van der Waals surface area contributed by atoms with Crippen molar-refractivity contribution in [2.75, 3.05) is 0 Å². The summed E-state index contributed by atoms with van der Waals surface area (Å²) in [7, 11) is 0. The van der Waals surface area contributed by atoms with Crippen molar-refractivity contribution in [1.29, 1.82) is 0 Å². The first-order valence-electron chi connectivity index (χ1n) is 18.5. The van der Waals surface area contributed by atoms with Crippen molar-refractivity contribution < 1.29 is 0 Å². The molecule has 0 unspecified atom stereocenters. The Morgan fingerprint density at radius 2 is 1.17 bits per heavy atom. The van der Waals surface area contributed by atoms with Crippen molar-refractivity contribution in [3.8, 4) is 22.3 Å². The SMILES string of the molecule is CC(C)(C)c1cc2c(cc1-c1ccccc1)=Cc1c(C3=CC=CC3)c(-c3ccccc3)c(C(C)(C)C)c(=C(c3ccc(Br)cc3)c3ccc(Br)cc3)c1=2. The van der Waals surface area contributed by atoms with Gasteiger partial charge in [0, 0.05) is 8.95 Å². The van der Waals surface area contributed by atoms with Crippen LogP contribution in [0.2, 0.25) is 0 Å². The van der Waals surface area contributed by atoms with Crippen LogP contribution in [-0.4, -0.2) is 0 Å². The third kappa shape index (κ3) is 6.55. The highest BCUT2D eigenvalue weighted by Gasteiger charge is 2.31. The standard InChI is InChI=1S/C51H44Br2/c1-50(2,3)43-31-41-37(29-40(43)32-15-9-7-10-16-32)30-42-45(33-19-13-14-20-33)46(34-17-11-8-12-18-34)49(51(4,5)6)48(47(41)42)44(35-21-25-38(52)26-22-35)36-23-27-39(53)28-24-36/h7-19,21-31H,20H2,1-6H3. The number of rotatable bonds is 5. The molecular formula is C51H44Br2. The third-order valence-corrected chi connectivity index (χ3v) is 11.7. The Bertz CT molecular complexity index is 2620. The zero-order valence-corrected chi connectivity index (χ0v) is 34.5. The van der Waals surface area contributed by atoms with Crippen molar-refractivity contribution in [1.82, 2.24) is 0 Å². The second kappa shape index (κ2) is 13.7. The van der Waals surface area contributed by atoms with E-state index in [-0.39, 0.29) is 10.8 Å². The molecule has 0 N–H and O–H groups in total. The van der Waals surface area contributed by atoms with Gasteiger partial charge in [0.05, 0.1) is 0 Å². The molecule has 53 heavy (non-hydrogen) atoms. The van der Waals surface area contributed by atoms with Crippen LogP contribution in [0.1, 0.15) is 81.3 Å². The zero-order chi connectivity index (χ0) is 37.1. The van der Waals surface area contributed by atoms with Crippen LogP contribution in [0.25, 0.3) is 39.5 Å². The topological polar surface area (TPSA) is 0 Å². The lowest BCUT2D eigenvalue weighted by Crippen LogP contribution is -2.30. The van der Waals surface area contributed by atoms with E-state index in [4.69, 9.17) is 0 Å². The maximum atomic E-state index is 3.74. The van der Waals surface area contributed by atoms with Crippen molar-refractivity contribution in [2.45, 2.75) is 58.8 Å². The molecule has 0 heterocycles. The molecule has 0 radical (unpaired) electrons. The quantitative estimate of drug-likeness (QED) is 0.162. The molecule has 2 aliphatic rings. The Labute approximate surface area is 330 Å². The van der Waals surface area contributed by atoms with E-state index in [1.807, 2.05) is 0 Å². The molecule has 0 bridgehead atoms. The van der Waals surface area contributed by atoms with Crippen LogP contribution >= 0.6 is 31.9 Å². The second-order valence-electron chi connectivity index (χ2n) is 16.4. The van der Waals surface area contributed by atoms with E-state index in [9.17, 15) is 0 Å². The summed E-state index contributed by atoms with van der Waals surface area (Å²) in [6.07, 6.45) is 10.3. The molecule has 262 valence electrons. The molecule has 0 saturated carbocycles. The van der Waals surface area contributed by atoms with E-state index >= 15 is 0 Å². The molecule has 0 nitrogen and oxygen atoms in total. The molecule has 8 rings (SSSR count). The highest BCUT2D eigenvalue weighted by atomic mass is 79.9. The monoisotopic (exact) mass is 814 g/mol. The first-order chi connectivity index (χ1) is 25.4. The molecule has 0 spiro atoms. The van der Waals surface area contributed by atoms with Crippen molar-refractivity contribution >= 4 is 49.1 Å². The second-order valence-corrected chi connectivity index (χ2v) is 18.2. The van der Waals surface area contributed by atoms with Gasteiger partial charge >= 0.3 is 0 Å². The van der Waals surface area contributed by atoms with Gasteiger partial charge < -0.3 is 0 Å². The van der Waals surface area contributed by atoms with Gasteiger partial charge in [-0.25, -0.2) is 0 Å². The molecule has 0 saturated heterocycles. The Hall–Kier alpha value is -4.50. The fraction of sp³-hybridized carbons (Fsp3) is 0.176. The number of benzene rings is 6. The predicted molar refractivity (Wildman–Crippen MR) is 233 cm³/mol. The number of halogens is 2. The molecule has 2 aliphatic carbocycles. The van der Waals surface area contributed by atoms with E-state index in [1.54, 1.807) is 0 Å². The van der Waals surface area contributed by atoms with Gasteiger partial charge in [-0.05, 0) is 147 Å². The largest absolute Gasteiger partial charge is 0.0801 e. The zero-order valence-electron chi connectivity index (χ0n) is 31.3. The van der Waals surface area contributed by atoms with Crippen LogP contribution in [0, 0.1) is 10.4 Å². The highest BCUT2D eigenvalue weighted by molar-refractivity contribution is 9.10. The first-order valence-corrected chi connectivity index (χ1v) is 20.1. The summed E-state index contributed by atoms with van der Waals surface area (Å²) in [5.41, 5.74) is 15.2. The molecule has 2 heteroatoms. The van der Waals surface area contributed by atoms with Gasteiger partial charge in [-0.1, -0.05) is 177 Å². The van der Waals surface area contributed by atoms with Gasteiger partial charge in [0.25, 0.3) is 0 Å². The van der Waals surface area contributed by atoms with E-state index in [0.717, 1.165) is 15.4 Å². The summed E-state index contributed by atoms with van der Waals surface area (Å²) >= 11 is 7.49. The summed E-state index contributed by atoms with van der Waals surface area (Å²) in [5, 5.41) is 5.23. The smallest absolute Gasteiger partial charge is 0.0175 e. The molecule has 6 aromatic rings. The lowest BCUT2D eigenvalue weighted by molar-refractivity contribution is 0.586. The molecule has 0 atom stereocenters. The van der Waals surface area contributed by atoms with E-state index in [2.05, 4.69) is 219 Å². The van der Waals surface area contributed by atoms with Gasteiger partial charge in [0.1, 0.15) is 0 Å². The lowest BCUT2D eigenvalue weighted by Gasteiger charge is -2.30. The summed E-state index contributed by atoms with van der Waals surface area (Å²) in [4.78, 5) is 0. The van der Waals surface area contributed by atoms with Crippen LogP contribution in [0.5, 0.6) is 0 Å². The molecule has 6 aromatic carbocycles. The van der Waals surface area contributed by atoms with Gasteiger partial charge in [-0.15, -0.1) is 0 Å². The van der Waals surface area contributed by atoms with Crippen LogP contribution < -0.4 is 10.4 Å². The minimum absolute atomic E-state index is 0.0787. The average molecular weight is 817 g/mol. The molecule has 0 amide bonds. The fourth-order valence-electron chi connectivity index (χ4n) is 8.33. The number of hydrogen-bond acceptors (Lipinski definition) is 0. The minimum atomic E-state index is -0.216. The maximum Gasteiger partial charge on any atom is 0.0175 e. The van der Waals surface area contributed by atoms with E-state index in [0.29, 0.717) is 0 Å². The van der Waals surface area contributed by atoms with Crippen LogP contribution in [0.15, 0.2) is 149 Å². The molecule has 0 aliphatic heterocycles. The number of hydrogen-bond donors (Lipinski definition) is 0. The third-order valence-electron chi connectivity index (χ3n) is 10.6. The summed E-state index contributed by atoms with van der Waals surface area (Å²) < 4.78 is 2.14. The van der Waals surface area contributed by atoms with Gasteiger partial charge in [0.15, 0.2) is 0 Å². The molecule has 0 aromatic heterocycles. The Balaban J connectivity index is 1.74. The number of allylic oxidation sites excluding steroid dienone is 4. The minimum Gasteiger partial charge on any atom is -0.0801 e. The van der Waals surface area contributed by atoms with Gasteiger partial charge in [-0.2, -0.15) is 0 Å². The van der Waals surface area contributed by atoms with E-state index < -0.39 is 0 Å². The van der Waals surface area contributed by atoms with E-state index in [1.165, 1.54) is 87.7 Å². The summed E-state index contributed by atoms with van der Waals surface area (Å²) in [6, 6.07) is 44.9. The fourth-order valence-corrected chi connectivity index (χ4v) is 8.86. The van der Waals surface area contributed by atoms with Crippen molar-refractivity contribution in [2.24, 2.45) is 0 Å². The van der Waals surface area contributed by atoms with Crippen LogP contribution in [0.3, 0.4) is 0 Å². The Morgan fingerprint density at radius 3 is 1.68 bits per heavy atom. The Morgan fingerprint density at radius 1 is 0.604 bits per heavy atom. The highest BCUT2D eigenvalue weighted by Crippen LogP contribution is 2.43. The average Bonchev–Trinajstić information content (AvgIpc) is 3.81. The molecular weight excluding hydrogens is 772 g/mol.